The number of rotatable bonds is 7. The highest BCUT2D eigenvalue weighted by molar-refractivity contribution is 5.16. The summed E-state index contributed by atoms with van der Waals surface area (Å²) >= 11 is 0. The minimum Gasteiger partial charge on any atom is -0.407 e. The molecule has 8 heteroatoms. The molecule has 1 aromatic heterocycles. The van der Waals surface area contributed by atoms with Crippen molar-refractivity contribution in [2.75, 3.05) is 18.4 Å². The van der Waals surface area contributed by atoms with Crippen LogP contribution in [0.15, 0.2) is 4.42 Å². The summed E-state index contributed by atoms with van der Waals surface area (Å²) in [6.45, 7) is 2.99. The van der Waals surface area contributed by atoms with Gasteiger partial charge in [-0.05, 0) is 13.0 Å². The molecule has 0 spiro atoms. The third-order valence-electron chi connectivity index (χ3n) is 1.85. The largest absolute Gasteiger partial charge is 0.407 e. The number of alkyl halides is 3. The molecule has 5 nitrogen and oxygen atoms in total. The molecule has 2 N–H and O–H groups in total. The molecule has 1 rings (SSSR count). The molecule has 0 fully saturated rings. The predicted octanol–water partition coefficient (Wildman–Crippen LogP) is 1.93. The van der Waals surface area contributed by atoms with Crippen molar-refractivity contribution in [2.45, 2.75) is 32.5 Å². The van der Waals surface area contributed by atoms with Gasteiger partial charge in [-0.2, -0.15) is 13.2 Å². The molecule has 1 heterocycles. The van der Waals surface area contributed by atoms with Crippen molar-refractivity contribution in [2.24, 2.45) is 0 Å². The van der Waals surface area contributed by atoms with Crippen LogP contribution in [-0.4, -0.2) is 29.5 Å². The van der Waals surface area contributed by atoms with E-state index in [1.54, 1.807) is 0 Å². The van der Waals surface area contributed by atoms with Crippen molar-refractivity contribution >= 4 is 6.01 Å². The number of nitrogens with zero attached hydrogens (tertiary/aromatic N) is 2. The summed E-state index contributed by atoms with van der Waals surface area (Å²) in [5, 5.41) is 12.7. The molecular formula is C9H15F3N4O. The molecule has 0 saturated heterocycles. The molecule has 0 unspecified atom stereocenters. The second-order valence-corrected chi connectivity index (χ2v) is 3.47. The molecule has 17 heavy (non-hydrogen) atoms. The zero-order chi connectivity index (χ0) is 12.7. The molecule has 0 aliphatic carbocycles. The van der Waals surface area contributed by atoms with Gasteiger partial charge < -0.3 is 15.1 Å². The Kier molecular flexibility index (Phi) is 5.20. The fourth-order valence-corrected chi connectivity index (χ4v) is 1.08. The van der Waals surface area contributed by atoms with Gasteiger partial charge in [-0.1, -0.05) is 12.0 Å². The second kappa shape index (κ2) is 6.43. The van der Waals surface area contributed by atoms with Crippen LogP contribution in [0.1, 0.15) is 25.7 Å². The number of nitrogens with one attached hydrogen (secondary N) is 2. The lowest BCUT2D eigenvalue weighted by Gasteiger charge is -2.05. The van der Waals surface area contributed by atoms with Crippen molar-refractivity contribution in [3.05, 3.63) is 5.89 Å². The normalized spacial score (nSPS) is 11.8. The molecule has 0 bridgehead atoms. The highest BCUT2D eigenvalue weighted by Crippen LogP contribution is 2.19. The number of halogens is 3. The van der Waals surface area contributed by atoms with Crippen LogP contribution in [0.3, 0.4) is 0 Å². The third-order valence-corrected chi connectivity index (χ3v) is 1.85. The lowest BCUT2D eigenvalue weighted by atomic mass is 10.4. The standard InChI is InChI=1S/C9H15F3N4O/c1-2-4-13-6-7-15-16-8(17-7)14-5-3-9(10,11)12/h13H,2-6H2,1H3,(H,14,16). The van der Waals surface area contributed by atoms with Crippen LogP contribution >= 0.6 is 0 Å². The van der Waals surface area contributed by atoms with E-state index in [4.69, 9.17) is 4.42 Å². The highest BCUT2D eigenvalue weighted by Gasteiger charge is 2.26. The number of anilines is 1. The number of hydrogen-bond donors (Lipinski definition) is 2. The Morgan fingerprint density at radius 3 is 2.65 bits per heavy atom. The zero-order valence-electron chi connectivity index (χ0n) is 9.47. The SMILES string of the molecule is CCCNCc1nnc(NCCC(F)(F)F)o1. The first-order valence-electron chi connectivity index (χ1n) is 5.35. The van der Waals surface area contributed by atoms with Crippen molar-refractivity contribution in [1.29, 1.82) is 0 Å². The van der Waals surface area contributed by atoms with Crippen LogP contribution in [0.4, 0.5) is 19.2 Å². The topological polar surface area (TPSA) is 63.0 Å². The second-order valence-electron chi connectivity index (χ2n) is 3.47. The molecule has 0 aliphatic rings. The summed E-state index contributed by atoms with van der Waals surface area (Å²) in [5.74, 6) is 0.355. The summed E-state index contributed by atoms with van der Waals surface area (Å²) in [4.78, 5) is 0. The van der Waals surface area contributed by atoms with Gasteiger partial charge in [-0.3, -0.25) is 0 Å². The average molecular weight is 252 g/mol. The highest BCUT2D eigenvalue weighted by atomic mass is 19.4. The molecule has 0 radical (unpaired) electrons. The molecule has 98 valence electrons. The van der Waals surface area contributed by atoms with Gasteiger partial charge in [0.1, 0.15) is 0 Å². The van der Waals surface area contributed by atoms with Gasteiger partial charge in [0, 0.05) is 6.54 Å². The van der Waals surface area contributed by atoms with E-state index in [1.165, 1.54) is 0 Å². The van der Waals surface area contributed by atoms with Crippen LogP contribution in [0.25, 0.3) is 0 Å². The van der Waals surface area contributed by atoms with E-state index < -0.39 is 12.6 Å². The maximum absolute atomic E-state index is 11.9. The van der Waals surface area contributed by atoms with E-state index in [9.17, 15) is 13.2 Å². The van der Waals surface area contributed by atoms with E-state index in [0.717, 1.165) is 13.0 Å². The van der Waals surface area contributed by atoms with Gasteiger partial charge in [-0.15, -0.1) is 5.10 Å². The van der Waals surface area contributed by atoms with Gasteiger partial charge in [-0.25, -0.2) is 0 Å². The van der Waals surface area contributed by atoms with Gasteiger partial charge in [0.25, 0.3) is 0 Å². The van der Waals surface area contributed by atoms with Crippen LogP contribution in [-0.2, 0) is 6.54 Å². The average Bonchev–Trinajstić information content (AvgIpc) is 2.64. The Bertz CT molecular complexity index is 326. The smallest absolute Gasteiger partial charge is 0.390 e. The first kappa shape index (κ1) is 13.8. The molecule has 0 amide bonds. The van der Waals surface area contributed by atoms with Gasteiger partial charge in [0.05, 0.1) is 13.0 Å². The monoisotopic (exact) mass is 252 g/mol. The van der Waals surface area contributed by atoms with E-state index in [1.807, 2.05) is 6.92 Å². The maximum atomic E-state index is 11.9. The lowest BCUT2D eigenvalue weighted by molar-refractivity contribution is -0.131. The first-order chi connectivity index (χ1) is 8.01. The van der Waals surface area contributed by atoms with E-state index in [2.05, 4.69) is 20.8 Å². The van der Waals surface area contributed by atoms with Crippen molar-refractivity contribution in [3.8, 4) is 0 Å². The van der Waals surface area contributed by atoms with E-state index in [-0.39, 0.29) is 12.6 Å². The van der Waals surface area contributed by atoms with Crippen LogP contribution in [0.2, 0.25) is 0 Å². The fourth-order valence-electron chi connectivity index (χ4n) is 1.08. The quantitative estimate of drug-likeness (QED) is 0.726. The molecule has 1 aromatic rings. The van der Waals surface area contributed by atoms with E-state index >= 15 is 0 Å². The van der Waals surface area contributed by atoms with Crippen molar-refractivity contribution in [1.82, 2.24) is 15.5 Å². The Labute approximate surface area is 96.8 Å². The maximum Gasteiger partial charge on any atom is 0.390 e. The summed E-state index contributed by atoms with van der Waals surface area (Å²) in [7, 11) is 0. The summed E-state index contributed by atoms with van der Waals surface area (Å²) in [6.07, 6.45) is -4.14. The predicted molar refractivity (Wildman–Crippen MR) is 55.5 cm³/mol. The Hall–Kier alpha value is -1.31. The number of aromatic nitrogens is 2. The Morgan fingerprint density at radius 2 is 2.00 bits per heavy atom. The van der Waals surface area contributed by atoms with E-state index in [0.29, 0.717) is 12.4 Å². The molecule has 0 atom stereocenters. The van der Waals surface area contributed by atoms with Crippen molar-refractivity contribution < 1.29 is 17.6 Å². The number of hydrogen-bond acceptors (Lipinski definition) is 5. The summed E-state index contributed by atoms with van der Waals surface area (Å²) in [6, 6.07) is 0.0162. The summed E-state index contributed by atoms with van der Waals surface area (Å²) < 4.78 is 40.6. The van der Waals surface area contributed by atoms with Crippen LogP contribution in [0, 0.1) is 0 Å². The van der Waals surface area contributed by atoms with Crippen LogP contribution in [0.5, 0.6) is 0 Å². The summed E-state index contributed by atoms with van der Waals surface area (Å²) in [5.41, 5.74) is 0. The van der Waals surface area contributed by atoms with Crippen molar-refractivity contribution in [3.63, 3.8) is 0 Å². The molecular weight excluding hydrogens is 237 g/mol. The van der Waals surface area contributed by atoms with Gasteiger partial charge in [0.15, 0.2) is 0 Å². The first-order valence-corrected chi connectivity index (χ1v) is 5.35. The third kappa shape index (κ3) is 6.10. The van der Waals surface area contributed by atoms with Gasteiger partial charge >= 0.3 is 12.2 Å². The molecule has 0 aliphatic heterocycles. The molecule has 0 aromatic carbocycles. The van der Waals surface area contributed by atoms with Crippen LogP contribution < -0.4 is 10.6 Å². The lowest BCUT2D eigenvalue weighted by Crippen LogP contribution is -2.14. The zero-order valence-corrected chi connectivity index (χ0v) is 9.47. The Morgan fingerprint density at radius 1 is 1.24 bits per heavy atom. The minimum atomic E-state index is -4.18. The Balaban J connectivity index is 2.26. The molecule has 0 saturated carbocycles. The fraction of sp³-hybridized carbons (Fsp3) is 0.778. The minimum absolute atomic E-state index is 0.0162. The van der Waals surface area contributed by atoms with Gasteiger partial charge in [0.2, 0.25) is 5.89 Å².